The lowest BCUT2D eigenvalue weighted by atomic mass is 10.1. The first kappa shape index (κ1) is 26.7. The van der Waals surface area contributed by atoms with Crippen LogP contribution in [-0.2, 0) is 6.54 Å². The van der Waals surface area contributed by atoms with Crippen molar-refractivity contribution in [3.05, 3.63) is 130 Å². The van der Waals surface area contributed by atoms with Gasteiger partial charge < -0.3 is 15.0 Å². The number of carbonyl (C=O) groups is 1. The van der Waals surface area contributed by atoms with Gasteiger partial charge in [0, 0.05) is 12.2 Å². The Bertz CT molecular complexity index is 1700. The number of rotatable bonds is 8. The van der Waals surface area contributed by atoms with Crippen molar-refractivity contribution in [1.82, 2.24) is 14.5 Å². The number of hydrogen-bond acceptors (Lipinski definition) is 4. The van der Waals surface area contributed by atoms with Crippen molar-refractivity contribution >= 4 is 22.6 Å². The van der Waals surface area contributed by atoms with Crippen LogP contribution in [0.25, 0.3) is 16.6 Å². The van der Waals surface area contributed by atoms with Crippen molar-refractivity contribution in [2.75, 3.05) is 12.4 Å². The highest BCUT2D eigenvalue weighted by atomic mass is 16.5. The molecule has 0 bridgehead atoms. The molecule has 0 radical (unpaired) electrons. The number of methoxy groups -OCH3 is 1. The van der Waals surface area contributed by atoms with Gasteiger partial charge in [0.25, 0.3) is 5.56 Å². The molecule has 0 saturated carbocycles. The lowest BCUT2D eigenvalue weighted by Gasteiger charge is -2.32. The van der Waals surface area contributed by atoms with Crippen LogP contribution in [0.2, 0.25) is 0 Å². The van der Waals surface area contributed by atoms with E-state index >= 15 is 0 Å². The standard InChI is InChI=1S/C33H32N4O3/c1-4-28(36(22-24-14-6-5-7-15-24)33(39)34-25-16-12-13-23(2)21-25)31-35-27-18-9-8-17-26(27)32(38)37(31)29-19-10-11-20-30(29)40-3/h5-21,28H,4,22H2,1-3H3,(H,34,39). The fourth-order valence-electron chi connectivity index (χ4n) is 4.98. The van der Waals surface area contributed by atoms with Gasteiger partial charge in [-0.2, -0.15) is 0 Å². The van der Waals surface area contributed by atoms with Gasteiger partial charge in [0.05, 0.1) is 29.7 Å². The van der Waals surface area contributed by atoms with Gasteiger partial charge in [0.15, 0.2) is 0 Å². The molecule has 4 aromatic carbocycles. The van der Waals surface area contributed by atoms with Crippen LogP contribution >= 0.6 is 0 Å². The maximum absolute atomic E-state index is 14.1. The van der Waals surface area contributed by atoms with Gasteiger partial charge in [-0.05, 0) is 60.9 Å². The number of carbonyl (C=O) groups excluding carboxylic acids is 1. The molecule has 40 heavy (non-hydrogen) atoms. The topological polar surface area (TPSA) is 76.5 Å². The Kier molecular flexibility index (Phi) is 7.92. The Balaban J connectivity index is 1.70. The number of fused-ring (bicyclic) bond motifs is 1. The second-order valence-electron chi connectivity index (χ2n) is 9.64. The zero-order valence-corrected chi connectivity index (χ0v) is 22.9. The number of anilines is 1. The Morgan fingerprint density at radius 3 is 2.42 bits per heavy atom. The molecule has 0 saturated heterocycles. The van der Waals surface area contributed by atoms with E-state index in [1.165, 1.54) is 0 Å². The van der Waals surface area contributed by atoms with Crippen molar-refractivity contribution in [3.63, 3.8) is 0 Å². The molecule has 0 aliphatic carbocycles. The molecule has 0 aliphatic heterocycles. The molecule has 7 nitrogen and oxygen atoms in total. The highest BCUT2D eigenvalue weighted by Gasteiger charge is 2.30. The molecular formula is C33H32N4O3. The molecule has 1 N–H and O–H groups in total. The summed E-state index contributed by atoms with van der Waals surface area (Å²) in [6.45, 7) is 4.30. The molecule has 0 spiro atoms. The Morgan fingerprint density at radius 1 is 0.950 bits per heavy atom. The maximum atomic E-state index is 14.1. The first-order valence-electron chi connectivity index (χ1n) is 13.3. The van der Waals surface area contributed by atoms with Gasteiger partial charge in [-0.15, -0.1) is 0 Å². The molecule has 5 rings (SSSR count). The molecule has 0 fully saturated rings. The predicted molar refractivity (Wildman–Crippen MR) is 159 cm³/mol. The fraction of sp³-hybridized carbons (Fsp3) is 0.182. The number of ether oxygens (including phenoxy) is 1. The zero-order valence-electron chi connectivity index (χ0n) is 22.9. The maximum Gasteiger partial charge on any atom is 0.322 e. The summed E-state index contributed by atoms with van der Waals surface area (Å²) in [5.41, 5.74) is 3.63. The normalized spacial score (nSPS) is 11.7. The molecule has 7 heteroatoms. The summed E-state index contributed by atoms with van der Waals surface area (Å²) in [4.78, 5) is 34.8. The number of aryl methyl sites for hydroxylation is 1. The lowest BCUT2D eigenvalue weighted by Crippen LogP contribution is -2.40. The van der Waals surface area contributed by atoms with Crippen molar-refractivity contribution in [3.8, 4) is 11.4 Å². The van der Waals surface area contributed by atoms with E-state index in [1.54, 1.807) is 22.6 Å². The van der Waals surface area contributed by atoms with Crippen LogP contribution in [0.4, 0.5) is 10.5 Å². The largest absolute Gasteiger partial charge is 0.495 e. The van der Waals surface area contributed by atoms with E-state index in [9.17, 15) is 9.59 Å². The summed E-state index contributed by atoms with van der Waals surface area (Å²) in [5.74, 6) is 1.00. The highest BCUT2D eigenvalue weighted by Crippen LogP contribution is 2.31. The third kappa shape index (κ3) is 5.45. The fourth-order valence-corrected chi connectivity index (χ4v) is 4.98. The summed E-state index contributed by atoms with van der Waals surface area (Å²) in [7, 11) is 1.58. The zero-order chi connectivity index (χ0) is 28.1. The Labute approximate surface area is 233 Å². The van der Waals surface area contributed by atoms with Crippen LogP contribution in [0.15, 0.2) is 108 Å². The van der Waals surface area contributed by atoms with Crippen LogP contribution in [0.5, 0.6) is 5.75 Å². The summed E-state index contributed by atoms with van der Waals surface area (Å²) in [5, 5.41) is 3.56. The van der Waals surface area contributed by atoms with Gasteiger partial charge in [-0.3, -0.25) is 9.36 Å². The van der Waals surface area contributed by atoms with Crippen LogP contribution < -0.4 is 15.6 Å². The summed E-state index contributed by atoms with van der Waals surface area (Å²) in [6, 6.07) is 31.3. The third-order valence-corrected chi connectivity index (χ3v) is 6.91. The van der Waals surface area contributed by atoms with E-state index in [2.05, 4.69) is 5.32 Å². The molecular weight excluding hydrogens is 500 g/mol. The number of aromatic nitrogens is 2. The molecule has 202 valence electrons. The molecule has 1 unspecified atom stereocenters. The van der Waals surface area contributed by atoms with E-state index < -0.39 is 6.04 Å². The quantitative estimate of drug-likeness (QED) is 0.236. The molecule has 0 aliphatic rings. The average Bonchev–Trinajstić information content (AvgIpc) is 2.98. The first-order valence-corrected chi connectivity index (χ1v) is 13.3. The Morgan fingerprint density at radius 2 is 1.68 bits per heavy atom. The second-order valence-corrected chi connectivity index (χ2v) is 9.64. The van der Waals surface area contributed by atoms with Gasteiger partial charge in [0.1, 0.15) is 11.6 Å². The van der Waals surface area contributed by atoms with Gasteiger partial charge in [0.2, 0.25) is 0 Å². The van der Waals surface area contributed by atoms with Gasteiger partial charge in [-0.1, -0.05) is 73.7 Å². The van der Waals surface area contributed by atoms with Crippen molar-refractivity contribution < 1.29 is 9.53 Å². The van der Waals surface area contributed by atoms with Gasteiger partial charge >= 0.3 is 6.03 Å². The van der Waals surface area contributed by atoms with Crippen LogP contribution in [-0.4, -0.2) is 27.6 Å². The van der Waals surface area contributed by atoms with Crippen LogP contribution in [0.3, 0.4) is 0 Å². The third-order valence-electron chi connectivity index (χ3n) is 6.91. The second kappa shape index (κ2) is 11.9. The minimum absolute atomic E-state index is 0.220. The van der Waals surface area contributed by atoms with Crippen LogP contribution in [0, 0.1) is 6.92 Å². The summed E-state index contributed by atoms with van der Waals surface area (Å²) in [6.07, 6.45) is 0.522. The molecule has 1 heterocycles. The minimum Gasteiger partial charge on any atom is -0.495 e. The average molecular weight is 533 g/mol. The van der Waals surface area contributed by atoms with E-state index in [0.717, 1.165) is 11.1 Å². The molecule has 2 amide bonds. The molecule has 1 atom stereocenters. The SMILES string of the molecule is CCC(c1nc2ccccc2c(=O)n1-c1ccccc1OC)N(Cc1ccccc1)C(=O)Nc1cccc(C)c1. The van der Waals surface area contributed by atoms with E-state index in [4.69, 9.17) is 9.72 Å². The number of benzene rings is 4. The minimum atomic E-state index is -0.535. The van der Waals surface area contributed by atoms with Gasteiger partial charge in [-0.25, -0.2) is 9.78 Å². The summed E-state index contributed by atoms with van der Waals surface area (Å²) < 4.78 is 7.24. The number of urea groups is 1. The number of nitrogens with one attached hydrogen (secondary N) is 1. The smallest absolute Gasteiger partial charge is 0.322 e. The van der Waals surface area contributed by atoms with E-state index in [0.29, 0.717) is 46.8 Å². The summed E-state index contributed by atoms with van der Waals surface area (Å²) >= 11 is 0. The number of para-hydroxylation sites is 3. The lowest BCUT2D eigenvalue weighted by molar-refractivity contribution is 0.177. The van der Waals surface area contributed by atoms with E-state index in [-0.39, 0.29) is 11.6 Å². The number of hydrogen-bond donors (Lipinski definition) is 1. The molecule has 1 aromatic heterocycles. The predicted octanol–water partition coefficient (Wildman–Crippen LogP) is 6.89. The van der Waals surface area contributed by atoms with Crippen molar-refractivity contribution in [1.29, 1.82) is 0 Å². The van der Waals surface area contributed by atoms with E-state index in [1.807, 2.05) is 111 Å². The first-order chi connectivity index (χ1) is 19.5. The number of amides is 2. The van der Waals surface area contributed by atoms with Crippen molar-refractivity contribution in [2.24, 2.45) is 0 Å². The van der Waals surface area contributed by atoms with Crippen molar-refractivity contribution in [2.45, 2.75) is 32.9 Å². The molecule has 5 aromatic rings. The Hall–Kier alpha value is -4.91. The highest BCUT2D eigenvalue weighted by molar-refractivity contribution is 5.89. The number of nitrogens with zero attached hydrogens (tertiary/aromatic N) is 3. The monoisotopic (exact) mass is 532 g/mol. The van der Waals surface area contributed by atoms with Crippen LogP contribution in [0.1, 0.15) is 36.3 Å².